The molecule has 0 bridgehead atoms. The molecule has 7 rings (SSSR count). The van der Waals surface area contributed by atoms with Crippen molar-refractivity contribution in [2.45, 2.75) is 38.3 Å². The van der Waals surface area contributed by atoms with Gasteiger partial charge in [-0.15, -0.1) is 0 Å². The summed E-state index contributed by atoms with van der Waals surface area (Å²) in [5, 5.41) is 12.2. The van der Waals surface area contributed by atoms with Crippen LogP contribution in [0, 0.1) is 11.7 Å². The van der Waals surface area contributed by atoms with E-state index in [2.05, 4.69) is 36.5 Å². The molecule has 11 heteroatoms. The van der Waals surface area contributed by atoms with Crippen molar-refractivity contribution in [1.29, 1.82) is 0 Å². The smallest absolute Gasteiger partial charge is 0.159 e. The molecule has 1 fully saturated rings. The Hall–Kier alpha value is -4.58. The number of imidazole rings is 1. The van der Waals surface area contributed by atoms with Gasteiger partial charge in [0, 0.05) is 54.2 Å². The van der Waals surface area contributed by atoms with E-state index in [1.54, 1.807) is 12.4 Å². The van der Waals surface area contributed by atoms with E-state index >= 15 is 0 Å². The van der Waals surface area contributed by atoms with Gasteiger partial charge in [0.15, 0.2) is 5.82 Å². The number of hydrogen-bond donors (Lipinski definition) is 4. The van der Waals surface area contributed by atoms with E-state index in [4.69, 9.17) is 15.7 Å². The Morgan fingerprint density at radius 3 is 2.71 bits per heavy atom. The Labute approximate surface area is 260 Å². The average molecular weight is 605 g/mol. The number of halogens is 1. The van der Waals surface area contributed by atoms with Crippen molar-refractivity contribution in [1.82, 2.24) is 45.3 Å². The lowest BCUT2D eigenvalue weighted by Crippen LogP contribution is -2.26. The predicted molar refractivity (Wildman–Crippen MR) is 175 cm³/mol. The Bertz CT molecular complexity index is 1960. The summed E-state index contributed by atoms with van der Waals surface area (Å²) in [7, 11) is 3.88. The molecule has 1 aromatic carbocycles. The first kappa shape index (κ1) is 29.1. The highest BCUT2D eigenvalue weighted by Crippen LogP contribution is 2.33. The summed E-state index contributed by atoms with van der Waals surface area (Å²) in [5.74, 6) is 0.992. The average Bonchev–Trinajstić information content (AvgIpc) is 3.80. The summed E-state index contributed by atoms with van der Waals surface area (Å²) in [6, 6.07) is 10.5. The molecule has 230 valence electrons. The standard InChI is InChI=1S/C34H37FN10/c1-45(2)19-27(36)22-10-23(12-25(35)11-22)31-33-28(7-8-39-31)41-34(42-33)32-26-13-29(40-18-30(26)43-44-32)24-9-21(16-38-17-24)15-37-14-20-5-3-4-6-20/h7-13,16-18,20,27,37H,3-6,14-15,19,36H2,1-2H3,(H,41,42)(H,43,44). The van der Waals surface area contributed by atoms with Gasteiger partial charge in [-0.25, -0.2) is 9.37 Å². The number of likely N-dealkylation sites (N-methyl/N-ethyl adjacent to an activating group) is 1. The molecule has 45 heavy (non-hydrogen) atoms. The highest BCUT2D eigenvalue weighted by Gasteiger charge is 2.19. The third kappa shape index (κ3) is 6.19. The van der Waals surface area contributed by atoms with Gasteiger partial charge < -0.3 is 20.9 Å². The predicted octanol–water partition coefficient (Wildman–Crippen LogP) is 5.61. The lowest BCUT2D eigenvalue weighted by molar-refractivity contribution is 0.376. The zero-order chi connectivity index (χ0) is 30.9. The van der Waals surface area contributed by atoms with Crippen molar-refractivity contribution in [2.24, 2.45) is 11.7 Å². The number of nitrogens with two attached hydrogens (primary N) is 1. The largest absolute Gasteiger partial charge is 0.336 e. The lowest BCUT2D eigenvalue weighted by Gasteiger charge is -2.18. The summed E-state index contributed by atoms with van der Waals surface area (Å²) in [5.41, 5.74) is 14.0. The van der Waals surface area contributed by atoms with Crippen LogP contribution in [0.4, 0.5) is 4.39 Å². The first-order chi connectivity index (χ1) is 21.9. The van der Waals surface area contributed by atoms with E-state index < -0.39 is 0 Å². The molecule has 5 aromatic heterocycles. The molecule has 0 amide bonds. The van der Waals surface area contributed by atoms with Gasteiger partial charge in [-0.1, -0.05) is 12.8 Å². The van der Waals surface area contributed by atoms with Crippen LogP contribution in [0.15, 0.2) is 61.2 Å². The number of rotatable bonds is 10. The van der Waals surface area contributed by atoms with Gasteiger partial charge in [0.25, 0.3) is 0 Å². The normalized spacial score (nSPS) is 14.7. The summed E-state index contributed by atoms with van der Waals surface area (Å²) in [6.07, 6.45) is 12.6. The van der Waals surface area contributed by atoms with E-state index in [0.29, 0.717) is 40.4 Å². The summed E-state index contributed by atoms with van der Waals surface area (Å²) < 4.78 is 14.8. The Morgan fingerprint density at radius 2 is 1.87 bits per heavy atom. The van der Waals surface area contributed by atoms with Gasteiger partial charge in [-0.05, 0) is 86.9 Å². The van der Waals surface area contributed by atoms with Crippen LogP contribution in [-0.4, -0.2) is 67.2 Å². The van der Waals surface area contributed by atoms with E-state index in [1.807, 2.05) is 49.6 Å². The summed E-state index contributed by atoms with van der Waals surface area (Å²) in [4.78, 5) is 24.1. The molecule has 5 heterocycles. The maximum Gasteiger partial charge on any atom is 0.159 e. The first-order valence-corrected chi connectivity index (χ1v) is 15.5. The SMILES string of the molecule is CN(C)CC(N)c1cc(F)cc(-c2nccc3[nH]c(-c4n[nH]c5cnc(-c6cncc(CNCC7CCCC7)c6)cc45)nc23)c1. The van der Waals surface area contributed by atoms with Crippen LogP contribution < -0.4 is 11.1 Å². The van der Waals surface area contributed by atoms with Gasteiger partial charge in [0.05, 0.1) is 28.6 Å². The molecule has 1 aliphatic rings. The summed E-state index contributed by atoms with van der Waals surface area (Å²) in [6.45, 7) is 2.42. The minimum Gasteiger partial charge on any atom is -0.336 e. The topological polar surface area (TPSA) is 137 Å². The van der Waals surface area contributed by atoms with Crippen molar-refractivity contribution >= 4 is 21.9 Å². The monoisotopic (exact) mass is 604 g/mol. The fraction of sp³-hybridized carbons (Fsp3) is 0.324. The molecule has 0 spiro atoms. The summed E-state index contributed by atoms with van der Waals surface area (Å²) >= 11 is 0. The van der Waals surface area contributed by atoms with Crippen LogP contribution >= 0.6 is 0 Å². The zero-order valence-electron chi connectivity index (χ0n) is 25.5. The number of hydrogen-bond acceptors (Lipinski definition) is 8. The molecule has 1 saturated carbocycles. The van der Waals surface area contributed by atoms with E-state index in [0.717, 1.165) is 52.2 Å². The third-order valence-corrected chi connectivity index (χ3v) is 8.58. The molecule has 1 aliphatic carbocycles. The third-order valence-electron chi connectivity index (χ3n) is 8.58. The fourth-order valence-corrected chi connectivity index (χ4v) is 6.34. The van der Waals surface area contributed by atoms with Crippen molar-refractivity contribution in [3.05, 3.63) is 78.1 Å². The van der Waals surface area contributed by atoms with Crippen LogP contribution in [0.25, 0.3) is 56.0 Å². The Balaban J connectivity index is 1.19. The molecule has 1 atom stereocenters. The maximum atomic E-state index is 14.8. The quantitative estimate of drug-likeness (QED) is 0.158. The van der Waals surface area contributed by atoms with E-state index in [-0.39, 0.29) is 11.9 Å². The fourth-order valence-electron chi connectivity index (χ4n) is 6.34. The molecule has 0 radical (unpaired) electrons. The molecule has 6 aromatic rings. The molecule has 0 aliphatic heterocycles. The Morgan fingerprint density at radius 1 is 1.00 bits per heavy atom. The second-order valence-corrected chi connectivity index (χ2v) is 12.3. The number of nitrogens with one attached hydrogen (secondary N) is 3. The molecular weight excluding hydrogens is 567 g/mol. The van der Waals surface area contributed by atoms with Crippen molar-refractivity contribution < 1.29 is 4.39 Å². The number of pyridine rings is 3. The van der Waals surface area contributed by atoms with Crippen LogP contribution in [0.3, 0.4) is 0 Å². The molecule has 5 N–H and O–H groups in total. The van der Waals surface area contributed by atoms with Crippen LogP contribution in [0.5, 0.6) is 0 Å². The number of fused-ring (bicyclic) bond motifs is 2. The van der Waals surface area contributed by atoms with Crippen molar-refractivity contribution in [3.63, 3.8) is 0 Å². The highest BCUT2D eigenvalue weighted by atomic mass is 19.1. The number of aromatic amines is 2. The van der Waals surface area contributed by atoms with Gasteiger partial charge >= 0.3 is 0 Å². The minimum atomic E-state index is -0.368. The van der Waals surface area contributed by atoms with Crippen LogP contribution in [-0.2, 0) is 6.54 Å². The van der Waals surface area contributed by atoms with Gasteiger partial charge in [-0.2, -0.15) is 5.10 Å². The zero-order valence-corrected chi connectivity index (χ0v) is 25.5. The van der Waals surface area contributed by atoms with E-state index in [9.17, 15) is 4.39 Å². The van der Waals surface area contributed by atoms with Crippen LogP contribution in [0.1, 0.15) is 42.9 Å². The molecule has 0 saturated heterocycles. The van der Waals surface area contributed by atoms with Gasteiger partial charge in [0.2, 0.25) is 0 Å². The highest BCUT2D eigenvalue weighted by molar-refractivity contribution is 5.96. The molecule has 10 nitrogen and oxygen atoms in total. The second-order valence-electron chi connectivity index (χ2n) is 12.3. The maximum absolute atomic E-state index is 14.8. The van der Waals surface area contributed by atoms with Crippen LogP contribution in [0.2, 0.25) is 0 Å². The Kier molecular flexibility index (Phi) is 8.05. The lowest BCUT2D eigenvalue weighted by atomic mass is 10.0. The minimum absolute atomic E-state index is 0.342. The molecular formula is C34H37FN10. The van der Waals surface area contributed by atoms with Crippen molar-refractivity contribution in [3.8, 4) is 34.0 Å². The number of aromatic nitrogens is 7. The first-order valence-electron chi connectivity index (χ1n) is 15.5. The second kappa shape index (κ2) is 12.4. The molecule has 1 unspecified atom stereocenters. The van der Waals surface area contributed by atoms with E-state index in [1.165, 1.54) is 37.8 Å². The number of H-pyrrole nitrogens is 2. The van der Waals surface area contributed by atoms with Gasteiger partial charge in [0.1, 0.15) is 17.0 Å². The number of benzene rings is 1. The number of nitrogens with zero attached hydrogens (tertiary/aromatic N) is 6. The van der Waals surface area contributed by atoms with Crippen molar-refractivity contribution in [2.75, 3.05) is 27.2 Å². The van der Waals surface area contributed by atoms with Gasteiger partial charge in [-0.3, -0.25) is 20.1 Å².